The molecule has 5 nitrogen and oxygen atoms in total. The fourth-order valence-corrected chi connectivity index (χ4v) is 2.45. The van der Waals surface area contributed by atoms with E-state index in [4.69, 9.17) is 10.5 Å². The fourth-order valence-electron chi connectivity index (χ4n) is 1.99. The first-order valence-electron chi connectivity index (χ1n) is 6.17. The van der Waals surface area contributed by atoms with Crippen LogP contribution in [0.2, 0.25) is 0 Å². The molecule has 0 bridgehead atoms. The summed E-state index contributed by atoms with van der Waals surface area (Å²) in [5.74, 6) is 0.307. The number of carbonyl (C=O) groups is 1. The molecule has 1 aromatic heterocycles. The molecule has 0 saturated heterocycles. The van der Waals surface area contributed by atoms with E-state index in [9.17, 15) is 4.79 Å². The smallest absolute Gasteiger partial charge is 0.214 e. The van der Waals surface area contributed by atoms with Crippen LogP contribution in [-0.4, -0.2) is 22.7 Å². The number of ether oxygens (including phenoxy) is 1. The van der Waals surface area contributed by atoms with Crippen molar-refractivity contribution in [2.24, 2.45) is 0 Å². The Balaban J connectivity index is 2.55. The van der Waals surface area contributed by atoms with Crippen LogP contribution in [0.3, 0.4) is 0 Å². The van der Waals surface area contributed by atoms with Gasteiger partial charge in [0.05, 0.1) is 29.0 Å². The van der Waals surface area contributed by atoms with E-state index in [1.165, 1.54) is 7.11 Å². The SMILES string of the molecule is COc1cccc(C(=O)c2c(Br)cnn2C(C)C)c1N. The minimum absolute atomic E-state index is 0.0760. The Kier molecular flexibility index (Phi) is 4.13. The highest BCUT2D eigenvalue weighted by molar-refractivity contribution is 9.10. The topological polar surface area (TPSA) is 70.1 Å². The van der Waals surface area contributed by atoms with Crippen LogP contribution in [0.15, 0.2) is 28.9 Å². The highest BCUT2D eigenvalue weighted by atomic mass is 79.9. The lowest BCUT2D eigenvalue weighted by Gasteiger charge is -2.13. The van der Waals surface area contributed by atoms with E-state index in [0.717, 1.165) is 0 Å². The Morgan fingerprint density at radius 1 is 1.45 bits per heavy atom. The summed E-state index contributed by atoms with van der Waals surface area (Å²) >= 11 is 3.37. The lowest BCUT2D eigenvalue weighted by atomic mass is 10.1. The average molecular weight is 338 g/mol. The van der Waals surface area contributed by atoms with Crippen LogP contribution < -0.4 is 10.5 Å². The number of carbonyl (C=O) groups excluding carboxylic acids is 1. The Morgan fingerprint density at radius 3 is 2.75 bits per heavy atom. The third-order valence-electron chi connectivity index (χ3n) is 2.99. The summed E-state index contributed by atoms with van der Waals surface area (Å²) in [7, 11) is 1.52. The van der Waals surface area contributed by atoms with Gasteiger partial charge in [0.15, 0.2) is 0 Å². The zero-order chi connectivity index (χ0) is 14.9. The molecule has 2 rings (SSSR count). The molecule has 106 valence electrons. The quantitative estimate of drug-likeness (QED) is 0.687. The summed E-state index contributed by atoms with van der Waals surface area (Å²) in [6.45, 7) is 3.93. The molecule has 0 radical (unpaired) electrons. The van der Waals surface area contributed by atoms with E-state index in [-0.39, 0.29) is 11.8 Å². The Hall–Kier alpha value is -1.82. The number of methoxy groups -OCH3 is 1. The molecule has 0 unspecified atom stereocenters. The van der Waals surface area contributed by atoms with Gasteiger partial charge in [-0.2, -0.15) is 5.10 Å². The maximum atomic E-state index is 12.7. The molecule has 1 heterocycles. The van der Waals surface area contributed by atoms with Crippen molar-refractivity contribution in [2.75, 3.05) is 12.8 Å². The predicted molar refractivity (Wildman–Crippen MR) is 81.2 cm³/mol. The molecule has 0 saturated carbocycles. The van der Waals surface area contributed by atoms with Crippen molar-refractivity contribution in [3.63, 3.8) is 0 Å². The molecule has 0 fully saturated rings. The van der Waals surface area contributed by atoms with Crippen LogP contribution >= 0.6 is 15.9 Å². The lowest BCUT2D eigenvalue weighted by molar-refractivity contribution is 0.102. The number of benzene rings is 1. The number of hydrogen-bond donors (Lipinski definition) is 1. The highest BCUT2D eigenvalue weighted by Gasteiger charge is 2.23. The number of aromatic nitrogens is 2. The van der Waals surface area contributed by atoms with Gasteiger partial charge in [-0.25, -0.2) is 0 Å². The summed E-state index contributed by atoms with van der Waals surface area (Å²) in [6.07, 6.45) is 1.61. The standard InChI is InChI=1S/C14H16BrN3O2/c1-8(2)18-13(10(15)7-17-18)14(19)9-5-4-6-11(20-3)12(9)16/h4-8H,16H2,1-3H3. The minimum atomic E-state index is -0.181. The molecule has 0 spiro atoms. The summed E-state index contributed by atoms with van der Waals surface area (Å²) < 4.78 is 7.47. The first-order valence-corrected chi connectivity index (χ1v) is 6.96. The van der Waals surface area contributed by atoms with Crippen molar-refractivity contribution in [3.05, 3.63) is 40.1 Å². The molecule has 0 atom stereocenters. The number of halogens is 1. The summed E-state index contributed by atoms with van der Waals surface area (Å²) in [5, 5.41) is 4.21. The first-order chi connectivity index (χ1) is 9.47. The third kappa shape index (κ3) is 2.43. The summed E-state index contributed by atoms with van der Waals surface area (Å²) in [4.78, 5) is 12.7. The van der Waals surface area contributed by atoms with Gasteiger partial charge in [0.25, 0.3) is 0 Å². The first kappa shape index (κ1) is 14.6. The van der Waals surface area contributed by atoms with Crippen molar-refractivity contribution in [1.82, 2.24) is 9.78 Å². The number of para-hydroxylation sites is 1. The molecular formula is C14H16BrN3O2. The highest BCUT2D eigenvalue weighted by Crippen LogP contribution is 2.29. The molecule has 2 aromatic rings. The number of nitrogens with zero attached hydrogens (tertiary/aromatic N) is 2. The number of anilines is 1. The number of hydrogen-bond acceptors (Lipinski definition) is 4. The van der Waals surface area contributed by atoms with Gasteiger partial charge in [0.2, 0.25) is 5.78 Å². The van der Waals surface area contributed by atoms with Gasteiger partial charge in [-0.15, -0.1) is 0 Å². The van der Waals surface area contributed by atoms with Crippen LogP contribution in [0.25, 0.3) is 0 Å². The zero-order valence-electron chi connectivity index (χ0n) is 11.6. The van der Waals surface area contributed by atoms with Crippen molar-refractivity contribution < 1.29 is 9.53 Å². The van der Waals surface area contributed by atoms with E-state index >= 15 is 0 Å². The Morgan fingerprint density at radius 2 is 2.15 bits per heavy atom. The number of nitrogens with two attached hydrogens (primary N) is 1. The minimum Gasteiger partial charge on any atom is -0.495 e. The van der Waals surface area contributed by atoms with Crippen molar-refractivity contribution >= 4 is 27.4 Å². The second-order valence-corrected chi connectivity index (χ2v) is 5.48. The van der Waals surface area contributed by atoms with Crippen LogP contribution in [0.5, 0.6) is 5.75 Å². The van der Waals surface area contributed by atoms with E-state index in [2.05, 4.69) is 21.0 Å². The van der Waals surface area contributed by atoms with Crippen LogP contribution in [0, 0.1) is 0 Å². The monoisotopic (exact) mass is 337 g/mol. The van der Waals surface area contributed by atoms with Crippen LogP contribution in [0.1, 0.15) is 35.9 Å². The van der Waals surface area contributed by atoms with Gasteiger partial charge >= 0.3 is 0 Å². The van der Waals surface area contributed by atoms with Gasteiger partial charge < -0.3 is 10.5 Å². The van der Waals surface area contributed by atoms with E-state index in [1.54, 1.807) is 29.1 Å². The van der Waals surface area contributed by atoms with Gasteiger partial charge in [-0.05, 0) is 41.9 Å². The molecule has 2 N–H and O–H groups in total. The van der Waals surface area contributed by atoms with Gasteiger partial charge in [-0.1, -0.05) is 6.07 Å². The second kappa shape index (κ2) is 5.66. The van der Waals surface area contributed by atoms with Crippen molar-refractivity contribution in [3.8, 4) is 5.75 Å². The number of nitrogen functional groups attached to an aromatic ring is 1. The largest absolute Gasteiger partial charge is 0.495 e. The van der Waals surface area contributed by atoms with Crippen molar-refractivity contribution in [1.29, 1.82) is 0 Å². The zero-order valence-corrected chi connectivity index (χ0v) is 13.1. The van der Waals surface area contributed by atoms with Gasteiger partial charge in [0.1, 0.15) is 11.4 Å². The fraction of sp³-hybridized carbons (Fsp3) is 0.286. The predicted octanol–water partition coefficient (Wildman–Crippen LogP) is 3.05. The van der Waals surface area contributed by atoms with Crippen LogP contribution in [0.4, 0.5) is 5.69 Å². The third-order valence-corrected chi connectivity index (χ3v) is 3.57. The number of ketones is 1. The second-order valence-electron chi connectivity index (χ2n) is 4.63. The van der Waals surface area contributed by atoms with E-state index in [0.29, 0.717) is 27.2 Å². The molecule has 0 aliphatic heterocycles. The van der Waals surface area contributed by atoms with E-state index < -0.39 is 0 Å². The van der Waals surface area contributed by atoms with Crippen molar-refractivity contribution in [2.45, 2.75) is 19.9 Å². The van der Waals surface area contributed by atoms with E-state index in [1.807, 2.05) is 13.8 Å². The average Bonchev–Trinajstić information content (AvgIpc) is 2.80. The maximum Gasteiger partial charge on any atom is 0.214 e. The molecule has 0 amide bonds. The normalized spacial score (nSPS) is 10.8. The van der Waals surface area contributed by atoms with Crippen LogP contribution in [-0.2, 0) is 0 Å². The van der Waals surface area contributed by atoms with Gasteiger partial charge in [0, 0.05) is 6.04 Å². The molecule has 20 heavy (non-hydrogen) atoms. The maximum absolute atomic E-state index is 12.7. The Bertz CT molecular complexity index is 650. The molecular weight excluding hydrogens is 322 g/mol. The van der Waals surface area contributed by atoms with Gasteiger partial charge in [-0.3, -0.25) is 9.48 Å². The molecule has 1 aromatic carbocycles. The summed E-state index contributed by atoms with van der Waals surface area (Å²) in [6, 6.07) is 5.23. The lowest BCUT2D eigenvalue weighted by Crippen LogP contribution is -2.15. The molecule has 6 heteroatoms. The summed E-state index contributed by atoms with van der Waals surface area (Å²) in [5.41, 5.74) is 7.22. The Labute approximate surface area is 125 Å². The number of rotatable bonds is 4. The molecule has 0 aliphatic carbocycles. The molecule has 0 aliphatic rings.